The number of methoxy groups -OCH3 is 2. The predicted molar refractivity (Wildman–Crippen MR) is 218 cm³/mol. The summed E-state index contributed by atoms with van der Waals surface area (Å²) in [6.45, 7) is 13.4. The van der Waals surface area contributed by atoms with E-state index in [9.17, 15) is 24.6 Å². The molecule has 4 aliphatic carbocycles. The summed E-state index contributed by atoms with van der Waals surface area (Å²) >= 11 is 0. The second-order valence-electron chi connectivity index (χ2n) is 19.7. The summed E-state index contributed by atoms with van der Waals surface area (Å²) < 4.78 is 57.3. The summed E-state index contributed by atoms with van der Waals surface area (Å²) in [6.07, 6.45) is -2.66. The average Bonchev–Trinajstić information content (AvgIpc) is 3.79. The predicted octanol–water partition coefficient (Wildman–Crippen LogP) is 5.31. The first-order valence-electron chi connectivity index (χ1n) is 22.7. The quantitative estimate of drug-likeness (QED) is 0.157. The lowest BCUT2D eigenvalue weighted by molar-refractivity contribution is -0.343. The van der Waals surface area contributed by atoms with E-state index < -0.39 is 96.0 Å². The first-order valence-corrected chi connectivity index (χ1v) is 22.7. The fraction of sp³-hybridized carbons (Fsp3) is 0.809. The van der Waals surface area contributed by atoms with Gasteiger partial charge in [-0.25, -0.2) is 4.79 Å². The third-order valence-electron chi connectivity index (χ3n) is 16.8. The van der Waals surface area contributed by atoms with Gasteiger partial charge in [0.1, 0.15) is 53.6 Å². The molecule has 2 N–H and O–H groups in total. The molecule has 20 atom stereocenters. The van der Waals surface area contributed by atoms with Gasteiger partial charge in [0.25, 0.3) is 0 Å². The number of fused-ring (bicyclic) bond motifs is 2. The number of Topliss-reactive ketones (excluding diaryl/α,β-unsaturated/α-hetero) is 1. The SMILES string of the molecule is CCC(C)C(=O)OC1C2C3(C)CCC(OC4CC(OC)C(OC5OC(C)C(O)C(OC)C5O)C(C)O4)CC3CCC23OC32CCC(C(C)=O)C2(C)C1OC(=O)c1ccccc1. The van der Waals surface area contributed by atoms with Crippen molar-refractivity contribution in [1.82, 2.24) is 0 Å². The minimum Gasteiger partial charge on any atom is -0.458 e. The van der Waals surface area contributed by atoms with Crippen LogP contribution in [-0.2, 0) is 52.2 Å². The Morgan fingerprint density at radius 1 is 0.852 bits per heavy atom. The normalized spacial score (nSPS) is 48.1. The van der Waals surface area contributed by atoms with Crippen LogP contribution in [0.5, 0.6) is 0 Å². The largest absolute Gasteiger partial charge is 0.458 e. The van der Waals surface area contributed by atoms with Gasteiger partial charge in [-0.2, -0.15) is 0 Å². The molecular weight excluding hydrogens is 789 g/mol. The molecule has 7 aliphatic rings. The number of carbonyl (C=O) groups excluding carboxylic acids is 3. The molecule has 3 aliphatic heterocycles. The molecule has 340 valence electrons. The summed E-state index contributed by atoms with van der Waals surface area (Å²) in [7, 11) is 3.04. The number of ether oxygens (including phenoxy) is 9. The van der Waals surface area contributed by atoms with Gasteiger partial charge < -0.3 is 52.8 Å². The highest BCUT2D eigenvalue weighted by molar-refractivity contribution is 5.89. The van der Waals surface area contributed by atoms with Crippen LogP contribution in [0.1, 0.15) is 117 Å². The Kier molecular flexibility index (Phi) is 12.4. The first-order chi connectivity index (χ1) is 29.0. The van der Waals surface area contributed by atoms with Gasteiger partial charge in [0, 0.05) is 37.9 Å². The summed E-state index contributed by atoms with van der Waals surface area (Å²) in [5.41, 5.74) is -2.24. The topological polar surface area (TPSA) is 178 Å². The number of aliphatic hydroxyl groups is 2. The molecule has 20 unspecified atom stereocenters. The number of carbonyl (C=O) groups is 3. The molecule has 61 heavy (non-hydrogen) atoms. The lowest BCUT2D eigenvalue weighted by atomic mass is 9.43. The van der Waals surface area contributed by atoms with Crippen molar-refractivity contribution < 1.29 is 67.2 Å². The molecule has 8 rings (SSSR count). The Balaban J connectivity index is 1.04. The number of epoxide rings is 1. The Bertz CT molecular complexity index is 1780. The van der Waals surface area contributed by atoms with Crippen LogP contribution >= 0.6 is 0 Å². The van der Waals surface area contributed by atoms with E-state index in [2.05, 4.69) is 6.92 Å². The van der Waals surface area contributed by atoms with Crippen molar-refractivity contribution in [2.45, 2.75) is 191 Å². The van der Waals surface area contributed by atoms with Crippen LogP contribution < -0.4 is 0 Å². The summed E-state index contributed by atoms with van der Waals surface area (Å²) in [6, 6.07) is 8.86. The zero-order valence-corrected chi connectivity index (χ0v) is 37.3. The zero-order chi connectivity index (χ0) is 43.8. The maximum absolute atomic E-state index is 14.1. The number of aliphatic hydroxyl groups excluding tert-OH is 2. The van der Waals surface area contributed by atoms with Gasteiger partial charge in [-0.05, 0) is 95.6 Å². The van der Waals surface area contributed by atoms with Gasteiger partial charge in [-0.15, -0.1) is 0 Å². The molecule has 0 bridgehead atoms. The van der Waals surface area contributed by atoms with Crippen molar-refractivity contribution in [1.29, 1.82) is 0 Å². The third kappa shape index (κ3) is 7.13. The second kappa shape index (κ2) is 16.8. The van der Waals surface area contributed by atoms with Gasteiger partial charge in [0.15, 0.2) is 12.6 Å². The summed E-state index contributed by atoms with van der Waals surface area (Å²) in [4.78, 5) is 41.7. The van der Waals surface area contributed by atoms with E-state index in [-0.39, 0.29) is 41.0 Å². The molecule has 3 saturated heterocycles. The average molecular weight is 857 g/mol. The van der Waals surface area contributed by atoms with Crippen molar-refractivity contribution in [3.63, 3.8) is 0 Å². The van der Waals surface area contributed by atoms with Crippen LogP contribution in [0.3, 0.4) is 0 Å². The van der Waals surface area contributed by atoms with Gasteiger partial charge >= 0.3 is 11.9 Å². The van der Waals surface area contributed by atoms with Gasteiger partial charge in [-0.3, -0.25) is 9.59 Å². The second-order valence-corrected chi connectivity index (χ2v) is 19.7. The molecule has 14 heteroatoms. The molecule has 1 aromatic carbocycles. The monoisotopic (exact) mass is 856 g/mol. The molecule has 3 heterocycles. The Hall–Kier alpha value is -2.53. The van der Waals surface area contributed by atoms with Crippen LogP contribution in [0.4, 0.5) is 0 Å². The Morgan fingerprint density at radius 2 is 1.59 bits per heavy atom. The van der Waals surface area contributed by atoms with E-state index in [4.69, 9.17) is 42.6 Å². The van der Waals surface area contributed by atoms with Gasteiger partial charge in [-0.1, -0.05) is 45.9 Å². The Morgan fingerprint density at radius 3 is 2.26 bits per heavy atom. The van der Waals surface area contributed by atoms with Crippen molar-refractivity contribution in [2.75, 3.05) is 14.2 Å². The maximum Gasteiger partial charge on any atom is 0.338 e. The molecule has 4 saturated carbocycles. The number of benzene rings is 1. The number of esters is 2. The van der Waals surface area contributed by atoms with E-state index >= 15 is 0 Å². The number of ketones is 1. The van der Waals surface area contributed by atoms with Crippen LogP contribution in [0, 0.1) is 34.5 Å². The van der Waals surface area contributed by atoms with E-state index in [0.29, 0.717) is 37.7 Å². The van der Waals surface area contributed by atoms with E-state index in [1.807, 2.05) is 33.8 Å². The fourth-order valence-electron chi connectivity index (χ4n) is 13.3. The highest BCUT2D eigenvalue weighted by Gasteiger charge is 2.91. The van der Waals surface area contributed by atoms with Gasteiger partial charge in [0.05, 0.1) is 35.9 Å². The number of hydrogen-bond acceptors (Lipinski definition) is 14. The highest BCUT2D eigenvalue weighted by atomic mass is 16.7. The molecule has 2 spiro atoms. The van der Waals surface area contributed by atoms with Gasteiger partial charge in [0.2, 0.25) is 0 Å². The summed E-state index contributed by atoms with van der Waals surface area (Å²) in [5.74, 6) is -1.76. The van der Waals surface area contributed by atoms with Crippen LogP contribution in [0.25, 0.3) is 0 Å². The van der Waals surface area contributed by atoms with Crippen molar-refractivity contribution in [2.24, 2.45) is 34.5 Å². The standard InChI is InChI=1S/C47H68O14/c1-10-24(2)41(51)58-38-39-44(6)19-17-30(57-33-23-32(53-8)36(27(5)55-33)59-43-35(50)37(54-9)34(49)26(4)56-43)22-29(44)16-20-46(39)47(61-46)21-18-31(25(3)48)45(47,7)40(38)60-42(52)28-14-12-11-13-15-28/h11-15,24,26-27,29-40,43,49-50H,10,16-23H2,1-9H3. The molecule has 14 nitrogen and oxygen atoms in total. The van der Waals surface area contributed by atoms with Crippen molar-refractivity contribution in [3.05, 3.63) is 35.9 Å². The first kappa shape index (κ1) is 45.1. The van der Waals surface area contributed by atoms with Crippen LogP contribution in [0.2, 0.25) is 0 Å². The smallest absolute Gasteiger partial charge is 0.338 e. The van der Waals surface area contributed by atoms with E-state index in [1.54, 1.807) is 45.2 Å². The van der Waals surface area contributed by atoms with E-state index in [0.717, 1.165) is 25.7 Å². The highest BCUT2D eigenvalue weighted by Crippen LogP contribution is 2.81. The van der Waals surface area contributed by atoms with Crippen molar-refractivity contribution in [3.8, 4) is 0 Å². The minimum absolute atomic E-state index is 0.0238. The fourth-order valence-corrected chi connectivity index (χ4v) is 13.3. The maximum atomic E-state index is 14.1. The van der Waals surface area contributed by atoms with E-state index in [1.165, 1.54) is 7.11 Å². The van der Waals surface area contributed by atoms with Crippen molar-refractivity contribution >= 4 is 17.7 Å². The molecule has 0 radical (unpaired) electrons. The molecular formula is C47H68O14. The zero-order valence-electron chi connectivity index (χ0n) is 37.3. The minimum atomic E-state index is -1.22. The van der Waals surface area contributed by atoms with Crippen LogP contribution in [0.15, 0.2) is 30.3 Å². The number of rotatable bonds is 12. The third-order valence-corrected chi connectivity index (χ3v) is 16.8. The summed E-state index contributed by atoms with van der Waals surface area (Å²) in [5, 5.41) is 21.4. The lowest BCUT2D eigenvalue weighted by Crippen LogP contribution is -2.71. The molecule has 1 aromatic rings. The number of hydrogen-bond donors (Lipinski definition) is 2. The molecule has 7 fully saturated rings. The lowest BCUT2D eigenvalue weighted by Gasteiger charge is -2.61. The molecule has 0 aromatic heterocycles. The molecule has 0 amide bonds. The van der Waals surface area contributed by atoms with Crippen LogP contribution in [-0.4, -0.2) is 127 Å². The Labute approximate surface area is 359 Å².